The highest BCUT2D eigenvalue weighted by atomic mass is 16.5. The number of ether oxygens (including phenoxy) is 1. The van der Waals surface area contributed by atoms with E-state index in [0.29, 0.717) is 12.8 Å². The largest absolute Gasteiger partial charge is 0.477 e. The van der Waals surface area contributed by atoms with Crippen LogP contribution in [0.15, 0.2) is 11.3 Å². The van der Waals surface area contributed by atoms with E-state index in [0.717, 1.165) is 24.2 Å². The SMILES string of the molecule is CN1N[C@@H]2OC3=C(C(=O)CCC3)[C@]2(C)CC1=O. The molecule has 0 unspecified atom stereocenters. The maximum atomic E-state index is 12.0. The third-order valence-electron chi connectivity index (χ3n) is 3.98. The minimum Gasteiger partial charge on any atom is -0.477 e. The van der Waals surface area contributed by atoms with Gasteiger partial charge in [-0.25, -0.2) is 0 Å². The van der Waals surface area contributed by atoms with Gasteiger partial charge in [-0.1, -0.05) is 0 Å². The number of amides is 1. The second kappa shape index (κ2) is 3.32. The normalized spacial score (nSPS) is 36.8. The summed E-state index contributed by atoms with van der Waals surface area (Å²) in [6.07, 6.45) is 2.30. The first-order valence-corrected chi connectivity index (χ1v) is 5.98. The minimum absolute atomic E-state index is 0.000488. The maximum Gasteiger partial charge on any atom is 0.237 e. The van der Waals surface area contributed by atoms with Gasteiger partial charge in [0.25, 0.3) is 0 Å². The summed E-state index contributed by atoms with van der Waals surface area (Å²) in [5.41, 5.74) is 3.28. The molecule has 5 nitrogen and oxygen atoms in total. The van der Waals surface area contributed by atoms with Gasteiger partial charge in [0.05, 0.1) is 5.41 Å². The van der Waals surface area contributed by atoms with Crippen molar-refractivity contribution in [3.05, 3.63) is 11.3 Å². The zero-order valence-electron chi connectivity index (χ0n) is 10.1. The Morgan fingerprint density at radius 1 is 1.41 bits per heavy atom. The third kappa shape index (κ3) is 1.35. The second-order valence-corrected chi connectivity index (χ2v) is 5.25. The van der Waals surface area contributed by atoms with Crippen LogP contribution in [-0.4, -0.2) is 30.0 Å². The number of carbonyl (C=O) groups is 2. The fourth-order valence-corrected chi connectivity index (χ4v) is 3.00. The van der Waals surface area contributed by atoms with E-state index < -0.39 is 5.41 Å². The number of rotatable bonds is 0. The van der Waals surface area contributed by atoms with E-state index >= 15 is 0 Å². The highest BCUT2D eigenvalue weighted by Crippen LogP contribution is 2.49. The molecule has 0 spiro atoms. The van der Waals surface area contributed by atoms with Crippen LogP contribution in [0.3, 0.4) is 0 Å². The highest BCUT2D eigenvalue weighted by molar-refractivity contribution is 5.99. The molecule has 1 amide bonds. The van der Waals surface area contributed by atoms with E-state index in [2.05, 4.69) is 5.43 Å². The Morgan fingerprint density at radius 2 is 2.18 bits per heavy atom. The van der Waals surface area contributed by atoms with E-state index in [-0.39, 0.29) is 17.9 Å². The summed E-state index contributed by atoms with van der Waals surface area (Å²) < 4.78 is 5.82. The number of Topliss-reactive ketones (excluding diaryl/α,β-unsaturated/α-hetero) is 1. The summed E-state index contributed by atoms with van der Waals surface area (Å²) in [6.45, 7) is 1.95. The van der Waals surface area contributed by atoms with Gasteiger partial charge >= 0.3 is 0 Å². The summed E-state index contributed by atoms with van der Waals surface area (Å²) in [7, 11) is 1.68. The third-order valence-corrected chi connectivity index (χ3v) is 3.98. The van der Waals surface area contributed by atoms with Crippen LogP contribution in [0, 0.1) is 5.41 Å². The predicted molar refractivity (Wildman–Crippen MR) is 59.4 cm³/mol. The molecule has 3 aliphatic rings. The van der Waals surface area contributed by atoms with Gasteiger partial charge in [-0.05, 0) is 13.3 Å². The Bertz CT molecular complexity index is 443. The Labute approximate surface area is 99.8 Å². The van der Waals surface area contributed by atoms with Gasteiger partial charge in [0, 0.05) is 31.9 Å². The van der Waals surface area contributed by atoms with Gasteiger partial charge in [-0.3, -0.25) is 14.6 Å². The van der Waals surface area contributed by atoms with Crippen molar-refractivity contribution in [3.63, 3.8) is 0 Å². The van der Waals surface area contributed by atoms with Crippen molar-refractivity contribution in [2.45, 2.75) is 38.8 Å². The molecule has 5 heteroatoms. The first-order valence-electron chi connectivity index (χ1n) is 5.98. The highest BCUT2D eigenvalue weighted by Gasteiger charge is 2.54. The molecule has 0 radical (unpaired) electrons. The lowest BCUT2D eigenvalue weighted by Gasteiger charge is -2.40. The molecule has 2 heterocycles. The monoisotopic (exact) mass is 236 g/mol. The lowest BCUT2D eigenvalue weighted by atomic mass is 9.73. The van der Waals surface area contributed by atoms with Crippen molar-refractivity contribution in [1.29, 1.82) is 0 Å². The first-order chi connectivity index (χ1) is 8.02. The van der Waals surface area contributed by atoms with Gasteiger partial charge in [-0.15, -0.1) is 0 Å². The quantitative estimate of drug-likeness (QED) is 0.673. The van der Waals surface area contributed by atoms with Crippen LogP contribution in [0.2, 0.25) is 0 Å². The molecule has 92 valence electrons. The fourth-order valence-electron chi connectivity index (χ4n) is 3.00. The number of carbonyl (C=O) groups excluding carboxylic acids is 2. The molecule has 0 aromatic carbocycles. The zero-order chi connectivity index (χ0) is 12.2. The van der Waals surface area contributed by atoms with Crippen LogP contribution >= 0.6 is 0 Å². The number of fused-ring (bicyclic) bond motifs is 2. The molecular weight excluding hydrogens is 220 g/mol. The van der Waals surface area contributed by atoms with Crippen molar-refractivity contribution in [2.24, 2.45) is 5.41 Å². The van der Waals surface area contributed by atoms with E-state index in [1.807, 2.05) is 6.92 Å². The average molecular weight is 236 g/mol. The number of hydrogen-bond donors (Lipinski definition) is 1. The molecule has 1 saturated heterocycles. The lowest BCUT2D eigenvalue weighted by Crippen LogP contribution is -2.58. The Kier molecular flexibility index (Phi) is 2.10. The smallest absolute Gasteiger partial charge is 0.237 e. The minimum atomic E-state index is -0.490. The number of nitrogens with zero attached hydrogens (tertiary/aromatic N) is 1. The molecular formula is C12H16N2O3. The molecule has 0 aromatic rings. The number of ketones is 1. The number of allylic oxidation sites excluding steroid dienone is 1. The summed E-state index contributed by atoms with van der Waals surface area (Å²) >= 11 is 0. The standard InChI is InChI=1S/C12H16N2O3/c1-12-6-9(16)14(2)13-11(12)17-8-5-3-4-7(15)10(8)12/h11,13H,3-6H2,1-2H3/t11-,12+/m1/s1. The van der Waals surface area contributed by atoms with Crippen molar-refractivity contribution >= 4 is 11.7 Å². The number of hydrazine groups is 1. The van der Waals surface area contributed by atoms with Gasteiger partial charge in [0.2, 0.25) is 5.91 Å². The lowest BCUT2D eigenvalue weighted by molar-refractivity contribution is -0.150. The van der Waals surface area contributed by atoms with Crippen LogP contribution in [0.4, 0.5) is 0 Å². The molecule has 17 heavy (non-hydrogen) atoms. The first kappa shape index (κ1) is 10.8. The molecule has 2 aliphatic heterocycles. The Balaban J connectivity index is 2.02. The van der Waals surface area contributed by atoms with Gasteiger partial charge in [-0.2, -0.15) is 5.43 Å². The summed E-state index contributed by atoms with van der Waals surface area (Å²) in [4.78, 5) is 23.8. The summed E-state index contributed by atoms with van der Waals surface area (Å²) in [6, 6.07) is 0. The van der Waals surface area contributed by atoms with Gasteiger partial charge < -0.3 is 4.74 Å². The van der Waals surface area contributed by atoms with E-state index in [1.54, 1.807) is 7.05 Å². The summed E-state index contributed by atoms with van der Waals surface area (Å²) in [5.74, 6) is 0.944. The van der Waals surface area contributed by atoms with Gasteiger partial charge in [0.1, 0.15) is 5.76 Å². The Morgan fingerprint density at radius 3 is 2.94 bits per heavy atom. The van der Waals surface area contributed by atoms with Crippen LogP contribution in [-0.2, 0) is 14.3 Å². The van der Waals surface area contributed by atoms with Crippen LogP contribution in [0.1, 0.15) is 32.6 Å². The van der Waals surface area contributed by atoms with E-state index in [4.69, 9.17) is 4.74 Å². The van der Waals surface area contributed by atoms with Crippen LogP contribution < -0.4 is 5.43 Å². The molecule has 1 N–H and O–H groups in total. The molecule has 3 rings (SSSR count). The topological polar surface area (TPSA) is 58.6 Å². The average Bonchev–Trinajstić information content (AvgIpc) is 2.53. The maximum absolute atomic E-state index is 12.0. The zero-order valence-corrected chi connectivity index (χ0v) is 10.1. The van der Waals surface area contributed by atoms with Crippen molar-refractivity contribution in [1.82, 2.24) is 10.4 Å². The Hall–Kier alpha value is -1.36. The van der Waals surface area contributed by atoms with Crippen LogP contribution in [0.5, 0.6) is 0 Å². The predicted octanol–water partition coefficient (Wildman–Crippen LogP) is 0.723. The van der Waals surface area contributed by atoms with Crippen LogP contribution in [0.25, 0.3) is 0 Å². The van der Waals surface area contributed by atoms with E-state index in [9.17, 15) is 9.59 Å². The fraction of sp³-hybridized carbons (Fsp3) is 0.667. The number of hydrogen-bond acceptors (Lipinski definition) is 4. The molecule has 1 aliphatic carbocycles. The molecule has 1 fully saturated rings. The van der Waals surface area contributed by atoms with Crippen molar-refractivity contribution in [2.75, 3.05) is 7.05 Å². The van der Waals surface area contributed by atoms with Gasteiger partial charge in [0.15, 0.2) is 12.0 Å². The van der Waals surface area contributed by atoms with E-state index in [1.165, 1.54) is 5.01 Å². The molecule has 0 aromatic heterocycles. The molecule has 2 atom stereocenters. The molecule has 0 saturated carbocycles. The molecule has 0 bridgehead atoms. The van der Waals surface area contributed by atoms with Crippen molar-refractivity contribution in [3.8, 4) is 0 Å². The van der Waals surface area contributed by atoms with Crippen molar-refractivity contribution < 1.29 is 14.3 Å². The summed E-state index contributed by atoms with van der Waals surface area (Å²) in [5, 5.41) is 1.45. The second-order valence-electron chi connectivity index (χ2n) is 5.25. The number of nitrogens with one attached hydrogen (secondary N) is 1.